The lowest BCUT2D eigenvalue weighted by Gasteiger charge is -2.20. The predicted octanol–water partition coefficient (Wildman–Crippen LogP) is 2.69. The zero-order valence-electron chi connectivity index (χ0n) is 12.6. The van der Waals surface area contributed by atoms with Gasteiger partial charge < -0.3 is 11.1 Å². The van der Waals surface area contributed by atoms with Crippen LogP contribution >= 0.6 is 0 Å². The lowest BCUT2D eigenvalue weighted by atomic mass is 9.88. The fourth-order valence-corrected chi connectivity index (χ4v) is 3.29. The second-order valence-corrected chi connectivity index (χ2v) is 7.03. The van der Waals surface area contributed by atoms with Crippen molar-refractivity contribution in [1.82, 2.24) is 5.32 Å². The molecule has 0 aromatic heterocycles. The molecular formula is C16H30N2O. The summed E-state index contributed by atoms with van der Waals surface area (Å²) in [6.07, 6.45) is 8.14. The first-order valence-electron chi connectivity index (χ1n) is 8.04. The summed E-state index contributed by atoms with van der Waals surface area (Å²) >= 11 is 0. The molecule has 110 valence electrons. The van der Waals surface area contributed by atoms with Crippen LogP contribution in [0, 0.1) is 23.2 Å². The van der Waals surface area contributed by atoms with E-state index < -0.39 is 0 Å². The molecule has 2 fully saturated rings. The maximum absolute atomic E-state index is 11.9. The van der Waals surface area contributed by atoms with Gasteiger partial charge in [0.05, 0.1) is 0 Å². The largest absolute Gasteiger partial charge is 0.356 e. The molecule has 1 amide bonds. The number of rotatable bonds is 9. The molecule has 1 unspecified atom stereocenters. The van der Waals surface area contributed by atoms with E-state index in [9.17, 15) is 4.79 Å². The summed E-state index contributed by atoms with van der Waals surface area (Å²) < 4.78 is 0. The Morgan fingerprint density at radius 2 is 2.00 bits per heavy atom. The first-order chi connectivity index (χ1) is 9.07. The molecule has 0 aromatic carbocycles. The number of nitrogens with two attached hydrogens (primary N) is 1. The minimum Gasteiger partial charge on any atom is -0.356 e. The Kier molecular flexibility index (Phi) is 4.88. The Morgan fingerprint density at radius 3 is 2.47 bits per heavy atom. The Bertz CT molecular complexity index is 306. The van der Waals surface area contributed by atoms with Crippen molar-refractivity contribution in [3.8, 4) is 0 Å². The van der Waals surface area contributed by atoms with E-state index in [0.29, 0.717) is 23.7 Å². The van der Waals surface area contributed by atoms with E-state index in [2.05, 4.69) is 19.2 Å². The summed E-state index contributed by atoms with van der Waals surface area (Å²) in [5, 5.41) is 3.17. The van der Waals surface area contributed by atoms with Crippen molar-refractivity contribution in [2.75, 3.05) is 13.1 Å². The summed E-state index contributed by atoms with van der Waals surface area (Å²) in [6.45, 7) is 6.12. The Labute approximate surface area is 117 Å². The summed E-state index contributed by atoms with van der Waals surface area (Å²) in [6, 6.07) is 0. The number of hydrogen-bond acceptors (Lipinski definition) is 2. The third kappa shape index (κ3) is 4.20. The molecule has 0 aliphatic heterocycles. The topological polar surface area (TPSA) is 55.1 Å². The highest BCUT2D eigenvalue weighted by molar-refractivity contribution is 5.75. The second-order valence-electron chi connectivity index (χ2n) is 7.03. The summed E-state index contributed by atoms with van der Waals surface area (Å²) in [4.78, 5) is 11.9. The molecule has 2 saturated carbocycles. The van der Waals surface area contributed by atoms with Crippen molar-refractivity contribution in [2.24, 2.45) is 28.9 Å². The van der Waals surface area contributed by atoms with Crippen LogP contribution in [0.3, 0.4) is 0 Å². The van der Waals surface area contributed by atoms with Gasteiger partial charge in [-0.25, -0.2) is 0 Å². The number of carbonyl (C=O) groups is 1. The fraction of sp³-hybridized carbons (Fsp3) is 0.938. The van der Waals surface area contributed by atoms with Gasteiger partial charge >= 0.3 is 0 Å². The molecule has 3 N–H and O–H groups in total. The van der Waals surface area contributed by atoms with Gasteiger partial charge in [0.15, 0.2) is 0 Å². The molecule has 2 aliphatic rings. The Hall–Kier alpha value is -0.570. The first kappa shape index (κ1) is 14.8. The number of hydrogen-bond donors (Lipinski definition) is 2. The van der Waals surface area contributed by atoms with Crippen LogP contribution in [0.15, 0.2) is 0 Å². The van der Waals surface area contributed by atoms with Crippen molar-refractivity contribution in [1.29, 1.82) is 0 Å². The highest BCUT2D eigenvalue weighted by Gasteiger charge is 2.53. The third-order valence-electron chi connectivity index (χ3n) is 5.20. The molecule has 2 rings (SSSR count). The number of nitrogens with one attached hydrogen (secondary N) is 1. The Morgan fingerprint density at radius 1 is 1.32 bits per heavy atom. The normalized spacial score (nSPS) is 22.3. The van der Waals surface area contributed by atoms with Crippen molar-refractivity contribution >= 4 is 5.91 Å². The minimum atomic E-state index is 0.245. The van der Waals surface area contributed by atoms with Gasteiger partial charge in [-0.05, 0) is 68.2 Å². The van der Waals surface area contributed by atoms with Crippen molar-refractivity contribution in [3.05, 3.63) is 0 Å². The van der Waals surface area contributed by atoms with E-state index in [-0.39, 0.29) is 5.91 Å². The quantitative estimate of drug-likeness (QED) is 0.674. The van der Waals surface area contributed by atoms with Crippen LogP contribution in [0.4, 0.5) is 0 Å². The summed E-state index contributed by atoms with van der Waals surface area (Å²) in [7, 11) is 0. The first-order valence-corrected chi connectivity index (χ1v) is 8.04. The predicted molar refractivity (Wildman–Crippen MR) is 78.6 cm³/mol. The van der Waals surface area contributed by atoms with Crippen molar-refractivity contribution in [3.63, 3.8) is 0 Å². The van der Waals surface area contributed by atoms with Crippen LogP contribution in [-0.4, -0.2) is 19.0 Å². The van der Waals surface area contributed by atoms with Gasteiger partial charge in [0, 0.05) is 13.0 Å². The van der Waals surface area contributed by atoms with Crippen LogP contribution in [0.5, 0.6) is 0 Å². The number of carbonyl (C=O) groups excluding carboxylic acids is 1. The molecule has 0 aromatic rings. The average Bonchev–Trinajstić information content (AvgIpc) is 3.24. The van der Waals surface area contributed by atoms with Crippen LogP contribution in [0.2, 0.25) is 0 Å². The zero-order chi connectivity index (χ0) is 13.9. The molecule has 0 spiro atoms. The maximum atomic E-state index is 11.9. The van der Waals surface area contributed by atoms with Gasteiger partial charge in [-0.2, -0.15) is 0 Å². The van der Waals surface area contributed by atoms with E-state index in [4.69, 9.17) is 5.73 Å². The lowest BCUT2D eigenvalue weighted by Crippen LogP contribution is -2.31. The van der Waals surface area contributed by atoms with E-state index in [1.54, 1.807) is 0 Å². The molecular weight excluding hydrogens is 236 g/mol. The van der Waals surface area contributed by atoms with Crippen LogP contribution in [0.25, 0.3) is 0 Å². The van der Waals surface area contributed by atoms with Gasteiger partial charge in [0.25, 0.3) is 0 Å². The summed E-state index contributed by atoms with van der Waals surface area (Å²) in [5.41, 5.74) is 6.16. The monoisotopic (exact) mass is 266 g/mol. The molecule has 0 radical (unpaired) electrons. The molecule has 0 saturated heterocycles. The fourth-order valence-electron chi connectivity index (χ4n) is 3.29. The van der Waals surface area contributed by atoms with Crippen LogP contribution in [0.1, 0.15) is 58.8 Å². The molecule has 2 aliphatic carbocycles. The molecule has 0 heterocycles. The van der Waals surface area contributed by atoms with Gasteiger partial charge in [0.2, 0.25) is 5.91 Å². The molecule has 3 heteroatoms. The average molecular weight is 266 g/mol. The SMILES string of the molecule is CC(C)C(CCN)CCC(=O)NCC1(C2CC2)CC1. The molecule has 3 nitrogen and oxygen atoms in total. The van der Waals surface area contributed by atoms with E-state index >= 15 is 0 Å². The molecule has 1 atom stereocenters. The van der Waals surface area contributed by atoms with Gasteiger partial charge in [-0.1, -0.05) is 13.8 Å². The van der Waals surface area contributed by atoms with Gasteiger partial charge in [0.1, 0.15) is 0 Å². The molecule has 19 heavy (non-hydrogen) atoms. The molecule has 0 bridgehead atoms. The maximum Gasteiger partial charge on any atom is 0.220 e. The van der Waals surface area contributed by atoms with Crippen molar-refractivity contribution < 1.29 is 4.79 Å². The minimum absolute atomic E-state index is 0.245. The highest BCUT2D eigenvalue weighted by atomic mass is 16.1. The lowest BCUT2D eigenvalue weighted by molar-refractivity contribution is -0.121. The van der Waals surface area contributed by atoms with Crippen LogP contribution < -0.4 is 11.1 Å². The van der Waals surface area contributed by atoms with Crippen molar-refractivity contribution in [2.45, 2.75) is 58.8 Å². The number of amides is 1. The van der Waals surface area contributed by atoms with Gasteiger partial charge in [-0.3, -0.25) is 4.79 Å². The Balaban J connectivity index is 1.63. The standard InChI is InChI=1S/C16H30N2O/c1-12(2)13(7-10-17)3-6-15(19)18-11-16(8-9-16)14-4-5-14/h12-14H,3-11,17H2,1-2H3,(H,18,19). The second kappa shape index (κ2) is 6.25. The van der Waals surface area contributed by atoms with Crippen LogP contribution in [-0.2, 0) is 4.79 Å². The van der Waals surface area contributed by atoms with E-state index in [1.165, 1.54) is 25.7 Å². The van der Waals surface area contributed by atoms with E-state index in [1.807, 2.05) is 0 Å². The van der Waals surface area contributed by atoms with Gasteiger partial charge in [-0.15, -0.1) is 0 Å². The van der Waals surface area contributed by atoms with E-state index in [0.717, 1.165) is 31.8 Å². The third-order valence-corrected chi connectivity index (χ3v) is 5.20. The summed E-state index contributed by atoms with van der Waals surface area (Å²) in [5.74, 6) is 2.38. The zero-order valence-corrected chi connectivity index (χ0v) is 12.6. The smallest absolute Gasteiger partial charge is 0.220 e. The highest BCUT2D eigenvalue weighted by Crippen LogP contribution is 2.60.